The van der Waals surface area contributed by atoms with Gasteiger partial charge in [-0.2, -0.15) is 8.78 Å². The molecule has 1 aromatic carbocycles. The third-order valence-corrected chi connectivity index (χ3v) is 2.30. The number of alkyl halides is 3. The Morgan fingerprint density at radius 3 is 2.56 bits per heavy atom. The van der Waals surface area contributed by atoms with Crippen LogP contribution in [0.5, 0.6) is 5.75 Å². The van der Waals surface area contributed by atoms with Crippen LogP contribution in [0.15, 0.2) is 18.2 Å². The molecule has 0 aromatic heterocycles. The Balaban J connectivity index is 3.17. The quantitative estimate of drug-likeness (QED) is 0.614. The number of Topliss-reactive ketones (excluding diaryl/α,β-unsaturated/α-hetero) is 1. The van der Waals surface area contributed by atoms with Crippen LogP contribution in [0.4, 0.5) is 8.78 Å². The second-order valence-corrected chi connectivity index (χ2v) is 4.04. The lowest BCUT2D eigenvalue weighted by atomic mass is 10.1. The van der Waals surface area contributed by atoms with Crippen LogP contribution in [0.2, 0.25) is 5.02 Å². The standard InChI is InChI=1S/C10H8Cl2F2O2/c1-5(11)8(15)6-3-2-4-7(12)9(6)16-10(13)14/h2-5,10H,1H3. The summed E-state index contributed by atoms with van der Waals surface area (Å²) in [5.41, 5.74) is -0.0460. The fourth-order valence-electron chi connectivity index (χ4n) is 1.13. The molecule has 0 spiro atoms. The predicted molar refractivity (Wildman–Crippen MR) is 57.7 cm³/mol. The molecule has 0 radical (unpaired) electrons. The fourth-order valence-corrected chi connectivity index (χ4v) is 1.46. The summed E-state index contributed by atoms with van der Waals surface area (Å²) in [6, 6.07) is 4.16. The maximum absolute atomic E-state index is 12.1. The number of carbonyl (C=O) groups is 1. The summed E-state index contributed by atoms with van der Waals surface area (Å²) in [5, 5.41) is -0.887. The molecule has 0 amide bonds. The van der Waals surface area contributed by atoms with Crippen molar-refractivity contribution in [1.29, 1.82) is 0 Å². The number of carbonyl (C=O) groups excluding carboxylic acids is 1. The Morgan fingerprint density at radius 2 is 2.06 bits per heavy atom. The minimum atomic E-state index is -3.04. The van der Waals surface area contributed by atoms with Crippen LogP contribution < -0.4 is 4.74 Å². The van der Waals surface area contributed by atoms with Gasteiger partial charge in [0.2, 0.25) is 0 Å². The van der Waals surface area contributed by atoms with Gasteiger partial charge in [-0.3, -0.25) is 4.79 Å². The van der Waals surface area contributed by atoms with Crippen molar-refractivity contribution < 1.29 is 18.3 Å². The summed E-state index contributed by atoms with van der Waals surface area (Å²) in [6.45, 7) is -1.60. The first-order valence-electron chi connectivity index (χ1n) is 4.35. The van der Waals surface area contributed by atoms with Crippen LogP contribution in [0, 0.1) is 0 Å². The van der Waals surface area contributed by atoms with Crippen LogP contribution in [-0.4, -0.2) is 17.8 Å². The zero-order chi connectivity index (χ0) is 12.3. The van der Waals surface area contributed by atoms with Gasteiger partial charge in [0.25, 0.3) is 0 Å². The smallest absolute Gasteiger partial charge is 0.387 e. The van der Waals surface area contributed by atoms with Crippen LogP contribution in [0.25, 0.3) is 0 Å². The number of ether oxygens (including phenoxy) is 1. The molecular formula is C10H8Cl2F2O2. The van der Waals surface area contributed by atoms with Crippen molar-refractivity contribution >= 4 is 29.0 Å². The zero-order valence-electron chi connectivity index (χ0n) is 8.22. The lowest BCUT2D eigenvalue weighted by Gasteiger charge is -2.12. The van der Waals surface area contributed by atoms with Gasteiger partial charge in [-0.05, 0) is 19.1 Å². The van der Waals surface area contributed by atoms with E-state index >= 15 is 0 Å². The molecule has 1 atom stereocenters. The number of rotatable bonds is 4. The highest BCUT2D eigenvalue weighted by molar-refractivity contribution is 6.36. The van der Waals surface area contributed by atoms with Gasteiger partial charge in [-0.15, -0.1) is 11.6 Å². The summed E-state index contributed by atoms with van der Waals surface area (Å²) in [5.74, 6) is -0.850. The Kier molecular flexibility index (Phi) is 4.50. The number of halogens is 4. The molecule has 88 valence electrons. The van der Waals surface area contributed by atoms with Gasteiger partial charge in [0.15, 0.2) is 11.5 Å². The molecule has 0 saturated carbocycles. The van der Waals surface area contributed by atoms with Crippen molar-refractivity contribution in [1.82, 2.24) is 0 Å². The van der Waals surface area contributed by atoms with E-state index in [-0.39, 0.29) is 16.3 Å². The van der Waals surface area contributed by atoms with Crippen molar-refractivity contribution in [3.63, 3.8) is 0 Å². The Bertz CT molecular complexity index is 394. The third kappa shape index (κ3) is 3.06. The predicted octanol–water partition coefficient (Wildman–Crippen LogP) is 3.75. The maximum atomic E-state index is 12.1. The monoisotopic (exact) mass is 268 g/mol. The van der Waals surface area contributed by atoms with Crippen molar-refractivity contribution in [2.75, 3.05) is 0 Å². The van der Waals surface area contributed by atoms with Crippen molar-refractivity contribution in [3.8, 4) is 5.75 Å². The molecule has 0 fully saturated rings. The molecule has 6 heteroatoms. The zero-order valence-corrected chi connectivity index (χ0v) is 9.73. The largest absolute Gasteiger partial charge is 0.432 e. The van der Waals surface area contributed by atoms with Gasteiger partial charge in [0.05, 0.1) is 16.0 Å². The van der Waals surface area contributed by atoms with E-state index < -0.39 is 17.8 Å². The molecule has 0 heterocycles. The highest BCUT2D eigenvalue weighted by Gasteiger charge is 2.21. The summed E-state index contributed by atoms with van der Waals surface area (Å²) in [4.78, 5) is 11.6. The van der Waals surface area contributed by atoms with Gasteiger partial charge in [0, 0.05) is 0 Å². The van der Waals surface area contributed by atoms with E-state index in [0.29, 0.717) is 0 Å². The van der Waals surface area contributed by atoms with Crippen molar-refractivity contribution in [2.24, 2.45) is 0 Å². The highest BCUT2D eigenvalue weighted by Crippen LogP contribution is 2.31. The maximum Gasteiger partial charge on any atom is 0.387 e. The second kappa shape index (κ2) is 5.46. The topological polar surface area (TPSA) is 26.3 Å². The first-order valence-corrected chi connectivity index (χ1v) is 5.16. The van der Waals surface area contributed by atoms with Gasteiger partial charge in [-0.1, -0.05) is 17.7 Å². The number of para-hydroxylation sites is 1. The first kappa shape index (κ1) is 13.2. The van der Waals surface area contributed by atoms with Crippen LogP contribution in [0.3, 0.4) is 0 Å². The van der Waals surface area contributed by atoms with Crippen LogP contribution in [-0.2, 0) is 0 Å². The average molecular weight is 269 g/mol. The molecule has 16 heavy (non-hydrogen) atoms. The van der Waals surface area contributed by atoms with E-state index in [9.17, 15) is 13.6 Å². The number of benzene rings is 1. The summed E-state index contributed by atoms with van der Waals surface area (Å²) in [6.07, 6.45) is 0. The minimum Gasteiger partial charge on any atom is -0.432 e. The number of hydrogen-bond donors (Lipinski definition) is 0. The molecule has 0 bridgehead atoms. The third-order valence-electron chi connectivity index (χ3n) is 1.80. The van der Waals surface area contributed by atoms with E-state index in [0.717, 1.165) is 0 Å². The first-order chi connectivity index (χ1) is 7.43. The molecule has 1 aromatic rings. The lowest BCUT2D eigenvalue weighted by Crippen LogP contribution is -2.14. The van der Waals surface area contributed by atoms with Gasteiger partial charge >= 0.3 is 6.61 Å². The van der Waals surface area contributed by atoms with Crippen LogP contribution in [0.1, 0.15) is 17.3 Å². The molecular weight excluding hydrogens is 261 g/mol. The average Bonchev–Trinajstić information content (AvgIpc) is 2.19. The van der Waals surface area contributed by atoms with E-state index in [1.807, 2.05) is 0 Å². The minimum absolute atomic E-state index is 0.0460. The van der Waals surface area contributed by atoms with E-state index in [4.69, 9.17) is 23.2 Å². The normalized spacial score (nSPS) is 12.6. The Hall–Kier alpha value is -0.870. The van der Waals surface area contributed by atoms with Gasteiger partial charge in [-0.25, -0.2) is 0 Å². The van der Waals surface area contributed by atoms with Crippen molar-refractivity contribution in [3.05, 3.63) is 28.8 Å². The summed E-state index contributed by atoms with van der Waals surface area (Å²) < 4.78 is 28.4. The molecule has 1 rings (SSSR count). The summed E-state index contributed by atoms with van der Waals surface area (Å²) in [7, 11) is 0. The number of hydrogen-bond acceptors (Lipinski definition) is 2. The van der Waals surface area contributed by atoms with Crippen molar-refractivity contribution in [2.45, 2.75) is 18.9 Å². The highest BCUT2D eigenvalue weighted by atomic mass is 35.5. The number of ketones is 1. The lowest BCUT2D eigenvalue weighted by molar-refractivity contribution is -0.0500. The molecule has 2 nitrogen and oxygen atoms in total. The SMILES string of the molecule is CC(Cl)C(=O)c1cccc(Cl)c1OC(F)F. The summed E-state index contributed by atoms with van der Waals surface area (Å²) >= 11 is 11.3. The van der Waals surface area contributed by atoms with E-state index in [1.54, 1.807) is 0 Å². The van der Waals surface area contributed by atoms with Gasteiger partial charge in [0.1, 0.15) is 0 Å². The molecule has 0 aliphatic rings. The van der Waals surface area contributed by atoms with E-state index in [2.05, 4.69) is 4.74 Å². The molecule has 0 aliphatic carbocycles. The Morgan fingerprint density at radius 1 is 1.44 bits per heavy atom. The Labute approximate surface area is 101 Å². The van der Waals surface area contributed by atoms with Gasteiger partial charge < -0.3 is 4.74 Å². The van der Waals surface area contributed by atoms with Crippen LogP contribution >= 0.6 is 23.2 Å². The van der Waals surface area contributed by atoms with E-state index in [1.165, 1.54) is 25.1 Å². The fraction of sp³-hybridized carbons (Fsp3) is 0.300. The second-order valence-electron chi connectivity index (χ2n) is 2.98. The molecule has 1 unspecified atom stereocenters. The molecule has 0 N–H and O–H groups in total. The molecule has 0 aliphatic heterocycles. The molecule has 0 saturated heterocycles.